The van der Waals surface area contributed by atoms with E-state index in [0.29, 0.717) is 0 Å². The molecule has 1 aliphatic rings. The predicted molar refractivity (Wildman–Crippen MR) is 62.4 cm³/mol. The lowest BCUT2D eigenvalue weighted by molar-refractivity contribution is -0.124. The molecule has 0 radical (unpaired) electrons. The third kappa shape index (κ3) is 1.62. The molecule has 1 aromatic rings. The molecule has 100 valence electrons. The van der Waals surface area contributed by atoms with E-state index in [1.807, 2.05) is 0 Å². The van der Waals surface area contributed by atoms with Gasteiger partial charge in [0.1, 0.15) is 0 Å². The quantitative estimate of drug-likeness (QED) is 0.452. The molecule has 0 spiro atoms. The standard InChI is InChI=1S/C12H11NO6/c1-3-13-11(17)5-4-6(19-2)8(14)9(15)7(5)10(16)12(13)18/h4,14-15H,3H2,1-2H3. The number of ether oxygens (including phenoxy) is 1. The Labute approximate surface area is 108 Å². The Morgan fingerprint density at radius 1 is 1.16 bits per heavy atom. The zero-order valence-corrected chi connectivity index (χ0v) is 10.3. The summed E-state index contributed by atoms with van der Waals surface area (Å²) in [5, 5.41) is 19.3. The first-order valence-corrected chi connectivity index (χ1v) is 5.47. The third-order valence-electron chi connectivity index (χ3n) is 2.92. The lowest BCUT2D eigenvalue weighted by Gasteiger charge is -2.25. The van der Waals surface area contributed by atoms with Crippen LogP contribution in [-0.4, -0.2) is 46.4 Å². The Kier molecular flexibility index (Phi) is 2.89. The van der Waals surface area contributed by atoms with Crippen molar-refractivity contribution < 1.29 is 29.3 Å². The summed E-state index contributed by atoms with van der Waals surface area (Å²) in [6.45, 7) is 1.58. The fourth-order valence-electron chi connectivity index (χ4n) is 1.94. The topological polar surface area (TPSA) is 104 Å². The summed E-state index contributed by atoms with van der Waals surface area (Å²) in [7, 11) is 1.23. The molecule has 1 aromatic carbocycles. The van der Waals surface area contributed by atoms with Gasteiger partial charge in [0, 0.05) is 6.54 Å². The van der Waals surface area contributed by atoms with E-state index in [9.17, 15) is 24.6 Å². The van der Waals surface area contributed by atoms with Crippen molar-refractivity contribution in [2.45, 2.75) is 6.92 Å². The minimum absolute atomic E-state index is 0.0345. The summed E-state index contributed by atoms with van der Waals surface area (Å²) >= 11 is 0. The number of methoxy groups -OCH3 is 1. The number of fused-ring (bicyclic) bond motifs is 1. The highest BCUT2D eigenvalue weighted by atomic mass is 16.5. The Hall–Kier alpha value is -2.57. The number of rotatable bonds is 2. The van der Waals surface area contributed by atoms with E-state index in [0.717, 1.165) is 11.0 Å². The molecular formula is C12H11NO6. The third-order valence-corrected chi connectivity index (χ3v) is 2.92. The van der Waals surface area contributed by atoms with Crippen molar-refractivity contribution in [1.29, 1.82) is 0 Å². The first kappa shape index (κ1) is 12.9. The Morgan fingerprint density at radius 3 is 2.32 bits per heavy atom. The number of likely N-dealkylation sites (N-methyl/N-ethyl adjacent to an activating group) is 1. The van der Waals surface area contributed by atoms with Crippen LogP contribution in [0, 0.1) is 0 Å². The molecule has 19 heavy (non-hydrogen) atoms. The van der Waals surface area contributed by atoms with Crippen LogP contribution >= 0.6 is 0 Å². The van der Waals surface area contributed by atoms with Crippen LogP contribution in [0.2, 0.25) is 0 Å². The number of ketones is 1. The second-order valence-corrected chi connectivity index (χ2v) is 3.88. The van der Waals surface area contributed by atoms with Crippen molar-refractivity contribution in [3.8, 4) is 17.2 Å². The minimum Gasteiger partial charge on any atom is -0.504 e. The molecule has 2 N–H and O–H groups in total. The monoisotopic (exact) mass is 265 g/mol. The van der Waals surface area contributed by atoms with Crippen LogP contribution in [-0.2, 0) is 4.79 Å². The summed E-state index contributed by atoms with van der Waals surface area (Å²) in [4.78, 5) is 36.3. The first-order valence-electron chi connectivity index (χ1n) is 5.47. The summed E-state index contributed by atoms with van der Waals surface area (Å²) < 4.78 is 4.79. The van der Waals surface area contributed by atoms with E-state index < -0.39 is 34.7 Å². The molecule has 0 aromatic heterocycles. The number of hydrogen-bond donors (Lipinski definition) is 2. The van der Waals surface area contributed by atoms with E-state index in [4.69, 9.17) is 4.74 Å². The molecule has 2 rings (SSSR count). The smallest absolute Gasteiger partial charge is 0.301 e. The van der Waals surface area contributed by atoms with Crippen LogP contribution in [0.4, 0.5) is 0 Å². The van der Waals surface area contributed by atoms with Gasteiger partial charge in [-0.1, -0.05) is 0 Å². The van der Waals surface area contributed by atoms with E-state index in [2.05, 4.69) is 0 Å². The van der Waals surface area contributed by atoms with Gasteiger partial charge in [0.2, 0.25) is 5.75 Å². The SMILES string of the molecule is CCN1C(=O)C(=O)c2c(cc(OC)c(O)c2O)C1=O. The molecule has 0 atom stereocenters. The normalized spacial score (nSPS) is 14.6. The van der Waals surface area contributed by atoms with Crippen LogP contribution in [0.3, 0.4) is 0 Å². The maximum atomic E-state index is 12.0. The molecule has 2 amide bonds. The van der Waals surface area contributed by atoms with Crippen molar-refractivity contribution in [1.82, 2.24) is 4.90 Å². The van der Waals surface area contributed by atoms with Gasteiger partial charge in [-0.3, -0.25) is 19.3 Å². The number of hydrogen-bond acceptors (Lipinski definition) is 6. The van der Waals surface area contributed by atoms with Crippen LogP contribution < -0.4 is 4.74 Å². The van der Waals surface area contributed by atoms with E-state index in [1.54, 1.807) is 6.92 Å². The van der Waals surface area contributed by atoms with Crippen molar-refractivity contribution in [2.75, 3.05) is 13.7 Å². The van der Waals surface area contributed by atoms with Crippen LogP contribution in [0.25, 0.3) is 0 Å². The molecule has 7 heteroatoms. The lowest BCUT2D eigenvalue weighted by atomic mass is 9.95. The van der Waals surface area contributed by atoms with E-state index in [1.165, 1.54) is 7.11 Å². The van der Waals surface area contributed by atoms with Gasteiger partial charge in [-0.2, -0.15) is 0 Å². The molecule has 0 saturated carbocycles. The number of nitrogens with zero attached hydrogens (tertiary/aromatic N) is 1. The zero-order chi connectivity index (χ0) is 14.3. The summed E-state index contributed by atoms with van der Waals surface area (Å²) in [6.07, 6.45) is 0. The van der Waals surface area contributed by atoms with E-state index in [-0.39, 0.29) is 17.9 Å². The highest BCUT2D eigenvalue weighted by Gasteiger charge is 2.40. The molecule has 1 heterocycles. The second kappa shape index (κ2) is 4.27. The molecule has 0 unspecified atom stereocenters. The van der Waals surface area contributed by atoms with Crippen molar-refractivity contribution in [2.24, 2.45) is 0 Å². The van der Waals surface area contributed by atoms with Gasteiger partial charge >= 0.3 is 5.91 Å². The predicted octanol–water partition coefficient (Wildman–Crippen LogP) is 0.291. The van der Waals surface area contributed by atoms with Gasteiger partial charge in [0.25, 0.3) is 11.7 Å². The average molecular weight is 265 g/mol. The number of imide groups is 1. The van der Waals surface area contributed by atoms with Crippen LogP contribution in [0.5, 0.6) is 17.2 Å². The molecule has 0 aliphatic carbocycles. The molecule has 0 fully saturated rings. The van der Waals surface area contributed by atoms with Crippen LogP contribution in [0.1, 0.15) is 27.6 Å². The van der Waals surface area contributed by atoms with E-state index >= 15 is 0 Å². The second-order valence-electron chi connectivity index (χ2n) is 3.88. The molecule has 7 nitrogen and oxygen atoms in total. The summed E-state index contributed by atoms with van der Waals surface area (Å²) in [5.41, 5.74) is -0.656. The van der Waals surface area contributed by atoms with Crippen molar-refractivity contribution in [3.63, 3.8) is 0 Å². The lowest BCUT2D eigenvalue weighted by Crippen LogP contribution is -2.46. The molecule has 0 bridgehead atoms. The van der Waals surface area contributed by atoms with Crippen molar-refractivity contribution in [3.05, 3.63) is 17.2 Å². The first-order chi connectivity index (χ1) is 8.93. The number of benzene rings is 1. The van der Waals surface area contributed by atoms with Gasteiger partial charge in [0.15, 0.2) is 11.5 Å². The van der Waals surface area contributed by atoms with Gasteiger partial charge in [0.05, 0.1) is 18.2 Å². The van der Waals surface area contributed by atoms with Gasteiger partial charge < -0.3 is 14.9 Å². The molecule has 0 saturated heterocycles. The zero-order valence-electron chi connectivity index (χ0n) is 10.3. The number of carbonyl (C=O) groups excluding carboxylic acids is 3. The number of aromatic hydroxyl groups is 2. The van der Waals surface area contributed by atoms with Crippen LogP contribution in [0.15, 0.2) is 6.07 Å². The maximum absolute atomic E-state index is 12.0. The Morgan fingerprint density at radius 2 is 1.79 bits per heavy atom. The Bertz CT molecular complexity index is 607. The highest BCUT2D eigenvalue weighted by molar-refractivity contribution is 6.49. The molecule has 1 aliphatic heterocycles. The minimum atomic E-state index is -1.04. The van der Waals surface area contributed by atoms with Gasteiger partial charge in [-0.05, 0) is 13.0 Å². The van der Waals surface area contributed by atoms with Gasteiger partial charge in [-0.15, -0.1) is 0 Å². The largest absolute Gasteiger partial charge is 0.504 e. The highest BCUT2D eigenvalue weighted by Crippen LogP contribution is 2.42. The average Bonchev–Trinajstić information content (AvgIpc) is 2.40. The fraction of sp³-hybridized carbons (Fsp3) is 0.250. The number of Topliss-reactive ketones (excluding diaryl/α,β-unsaturated/α-hetero) is 1. The number of carbonyl (C=O) groups is 3. The Balaban J connectivity index is 2.77. The summed E-state index contributed by atoms with van der Waals surface area (Å²) in [6, 6.07) is 1.12. The fourth-order valence-corrected chi connectivity index (χ4v) is 1.94. The number of phenolic OH excluding ortho intramolecular Hbond substituents is 2. The number of phenols is 2. The van der Waals surface area contributed by atoms with Gasteiger partial charge in [-0.25, -0.2) is 0 Å². The maximum Gasteiger partial charge on any atom is 0.301 e. The summed E-state index contributed by atoms with van der Waals surface area (Å²) in [5.74, 6) is -4.43. The van der Waals surface area contributed by atoms with Crippen molar-refractivity contribution >= 4 is 17.6 Å². The molecular weight excluding hydrogens is 254 g/mol. The number of amides is 2.